The predicted octanol–water partition coefficient (Wildman–Crippen LogP) is 12.3. The minimum atomic E-state index is -1.21. The summed E-state index contributed by atoms with van der Waals surface area (Å²) >= 11 is -0.139. The first-order valence-corrected chi connectivity index (χ1v) is 34.7. The molecule has 0 spiro atoms. The van der Waals surface area contributed by atoms with Crippen molar-refractivity contribution in [1.82, 2.24) is 33.9 Å². The highest BCUT2D eigenvalue weighted by molar-refractivity contribution is 7.84. The Morgan fingerprint density at radius 2 is 1.01 bits per heavy atom. The normalized spacial score (nSPS) is 14.4. The summed E-state index contributed by atoms with van der Waals surface area (Å²) in [6.45, 7) is 17.2. The molecule has 4 aliphatic rings. The van der Waals surface area contributed by atoms with E-state index >= 15 is 0 Å². The average Bonchev–Trinajstić information content (AvgIpc) is 1.84. The van der Waals surface area contributed by atoms with Gasteiger partial charge in [0, 0.05) is 86.3 Å². The number of benzene rings is 4. The van der Waals surface area contributed by atoms with Crippen molar-refractivity contribution in [3.8, 4) is 67.8 Å². The lowest BCUT2D eigenvalue weighted by molar-refractivity contribution is 0.0519. The number of nitrogens with zero attached hydrogens (tertiary/aromatic N) is 6. The lowest BCUT2D eigenvalue weighted by Crippen LogP contribution is -2.34. The number of rotatable bonds is 12. The fourth-order valence-corrected chi connectivity index (χ4v) is 12.3. The molecule has 87 heavy (non-hydrogen) atoms. The van der Waals surface area contributed by atoms with Gasteiger partial charge in [0.05, 0.1) is 27.5 Å². The Balaban J connectivity index is 0.000000170. The number of esters is 1. The molecule has 20 heteroatoms. The summed E-state index contributed by atoms with van der Waals surface area (Å²) in [5.41, 5.74) is 19.2. The highest BCUT2D eigenvalue weighted by atomic mass is 32.2. The molecule has 3 N–H and O–H groups in total. The van der Waals surface area contributed by atoms with Gasteiger partial charge >= 0.3 is 5.97 Å². The Hall–Kier alpha value is -7.67. The largest absolute Gasteiger partial charge is 0.461 e. The fourth-order valence-electron chi connectivity index (χ4n) is 9.79. The molecule has 8 heterocycles. The van der Waals surface area contributed by atoms with Crippen molar-refractivity contribution in [3.05, 3.63) is 191 Å². The third-order valence-corrected chi connectivity index (χ3v) is 17.4. The number of nitrogens with two attached hydrogens (primary N) is 1. The van der Waals surface area contributed by atoms with Gasteiger partial charge in [-0.2, -0.15) is 0 Å². The quantitative estimate of drug-likeness (QED) is 0.0861. The van der Waals surface area contributed by atoms with Crippen LogP contribution < -0.4 is 30.0 Å². The minimum absolute atomic E-state index is 0.139. The summed E-state index contributed by atoms with van der Waals surface area (Å²) < 4.78 is 55.8. The molecule has 4 aromatic heterocycles. The minimum Gasteiger partial charge on any atom is -0.461 e. The maximum Gasteiger partial charge on any atom is 0.356 e. The van der Waals surface area contributed by atoms with Crippen LogP contribution in [-0.2, 0) is 66.0 Å². The van der Waals surface area contributed by atoms with Gasteiger partial charge in [-0.3, -0.25) is 14.8 Å². The van der Waals surface area contributed by atoms with Crippen molar-refractivity contribution >= 4 is 48.0 Å². The van der Waals surface area contributed by atoms with Crippen molar-refractivity contribution in [3.63, 3.8) is 0 Å². The molecule has 0 radical (unpaired) electrons. The summed E-state index contributed by atoms with van der Waals surface area (Å²) in [5, 5.41) is 2.99. The second-order valence-corrected chi connectivity index (χ2v) is 31.6. The number of fused-ring (bicyclic) bond motifs is 4. The van der Waals surface area contributed by atoms with Crippen LogP contribution in [0.4, 0.5) is 0 Å². The van der Waals surface area contributed by atoms with E-state index in [1.165, 1.54) is 0 Å². The summed E-state index contributed by atoms with van der Waals surface area (Å²) in [4.78, 5) is 44.0. The monoisotopic (exact) mass is 1230 g/mol. The number of carbonyl (C=O) groups excluding carboxylic acids is 2. The molecule has 4 aliphatic heterocycles. The molecule has 8 aromatic rings. The van der Waals surface area contributed by atoms with Gasteiger partial charge in [0.2, 0.25) is 13.6 Å². The zero-order valence-corrected chi connectivity index (χ0v) is 53.8. The van der Waals surface area contributed by atoms with Gasteiger partial charge in [-0.15, -0.1) is 17.4 Å². The van der Waals surface area contributed by atoms with Gasteiger partial charge < -0.3 is 34.7 Å². The molecule has 17 nitrogen and oxygen atoms in total. The Labute approximate surface area is 519 Å². The lowest BCUT2D eigenvalue weighted by Gasteiger charge is -2.24. The molecule has 4 aromatic carbocycles. The summed E-state index contributed by atoms with van der Waals surface area (Å²) in [7, 11) is -2.39. The molecule has 0 saturated heterocycles. The van der Waals surface area contributed by atoms with E-state index in [4.69, 9.17) is 39.4 Å². The van der Waals surface area contributed by atoms with Crippen molar-refractivity contribution in [2.24, 2.45) is 5.73 Å². The van der Waals surface area contributed by atoms with E-state index in [1.807, 2.05) is 166 Å². The number of hydrogen-bond donors (Lipinski definition) is 2. The fraction of sp³-hybridized carbons (Fsp3) is 0.313. The molecule has 0 bridgehead atoms. The number of aromatic nitrogens is 4. The predicted molar refractivity (Wildman–Crippen MR) is 344 cm³/mol. The van der Waals surface area contributed by atoms with Gasteiger partial charge in [0.1, 0.15) is 33.4 Å². The van der Waals surface area contributed by atoms with Crippen LogP contribution in [0, 0.1) is 0 Å². The first kappa shape index (κ1) is 63.8. The van der Waals surface area contributed by atoms with Crippen molar-refractivity contribution in [1.29, 1.82) is 0 Å². The standard InChI is InChI=1S/C31H30N4O4S.C25H27N3O3S.C8H9NO2.3CH3.Al/c1-31(2,3)40(37)35-17-24-14-26(30(36)33-15-20-9-10-27-28(12-20)39-19-38-27)34-29(25(24)18-35)22-7-4-6-21(13-22)23-8-5-11-32-16-23;1-5-31-24(29)22-13-20-15-28(32(30)25(2,3)4)16-21(20)23(27-22)18-9-6-8-17(12-18)19-10-7-11-26-14-19;9-4-6-1-2-7-8(3-6)11-5-10-7;;;;/h4-14,16H,15,17-19H2,1-3H3,(H,33,36);6-14H,5,15-16H2,1-4H3;1-3H,4-5,9H2;3*1H3;/t40-;32-;;;;;/m11...../s1. The maximum atomic E-state index is 13.4. The first-order valence-electron chi connectivity index (χ1n) is 29.0. The summed E-state index contributed by atoms with van der Waals surface area (Å²) in [5.74, 6) is 9.17. The lowest BCUT2D eigenvalue weighted by atomic mass is 9.98. The Morgan fingerprint density at radius 3 is 1.47 bits per heavy atom. The van der Waals surface area contributed by atoms with Crippen LogP contribution in [0.1, 0.15) is 103 Å². The van der Waals surface area contributed by atoms with Crippen molar-refractivity contribution in [2.75, 3.05) is 20.2 Å². The van der Waals surface area contributed by atoms with E-state index in [-0.39, 0.29) is 43.9 Å². The SMILES string of the molecule is CC(C)(C)[S@@](=O)N1Cc2cc(C(=O)NCc3ccc4c(c3)OCO4)nc(-c3cccc(-c4cccnc4)c3)c2C1.CCOC(=O)c1cc2c(c(-c3cccc(-c4cccnc4)c3)n1)CN([S@](=O)C(C)(C)C)C2.NCc1ccc2c(c1)OCO2.[CH3][Al]([CH3])[CH3]. The van der Waals surface area contributed by atoms with Crippen molar-refractivity contribution in [2.45, 2.75) is 115 Å². The van der Waals surface area contributed by atoms with Gasteiger partial charge in [-0.25, -0.2) is 31.8 Å². The number of pyridine rings is 4. The third kappa shape index (κ3) is 16.1. The van der Waals surface area contributed by atoms with E-state index in [1.54, 1.807) is 25.4 Å². The molecule has 1 amide bonds. The van der Waals surface area contributed by atoms with Crippen LogP contribution in [0.3, 0.4) is 0 Å². The zero-order chi connectivity index (χ0) is 62.0. The van der Waals surface area contributed by atoms with Crippen LogP contribution in [0.2, 0.25) is 17.4 Å². The molecular formula is C67H75AlN8O9S2. The van der Waals surface area contributed by atoms with Crippen molar-refractivity contribution < 1.29 is 41.7 Å². The molecule has 0 fully saturated rings. The molecule has 0 unspecified atom stereocenters. The Kier molecular flexibility index (Phi) is 20.9. The number of carbonyl (C=O) groups is 2. The molecule has 0 saturated carbocycles. The molecule has 452 valence electrons. The van der Waals surface area contributed by atoms with E-state index in [0.717, 1.165) is 89.6 Å². The van der Waals surface area contributed by atoms with E-state index in [0.29, 0.717) is 63.3 Å². The Morgan fingerprint density at radius 1 is 0.575 bits per heavy atom. The van der Waals surface area contributed by atoms with Crippen LogP contribution in [0.5, 0.6) is 23.0 Å². The second-order valence-electron chi connectivity index (χ2n) is 23.7. The van der Waals surface area contributed by atoms with Gasteiger partial charge in [0.15, 0.2) is 23.0 Å². The number of nitrogens with one attached hydrogen (secondary N) is 1. The number of amides is 1. The van der Waals surface area contributed by atoms with Gasteiger partial charge in [-0.05, 0) is 154 Å². The van der Waals surface area contributed by atoms with Crippen LogP contribution in [0.15, 0.2) is 146 Å². The highest BCUT2D eigenvalue weighted by Gasteiger charge is 2.35. The summed E-state index contributed by atoms with van der Waals surface area (Å²) in [6.07, 6.45) is 7.14. The first-order chi connectivity index (χ1) is 41.7. The average molecular weight is 1230 g/mol. The molecule has 0 aliphatic carbocycles. The van der Waals surface area contributed by atoms with Crippen LogP contribution in [-0.4, -0.2) is 92.7 Å². The third-order valence-electron chi connectivity index (χ3n) is 13.9. The molecular weight excluding hydrogens is 1150 g/mol. The maximum absolute atomic E-state index is 13.4. The van der Waals surface area contributed by atoms with Gasteiger partial charge in [-0.1, -0.05) is 60.7 Å². The second kappa shape index (κ2) is 28.4. The number of ether oxygens (including phenoxy) is 5. The number of hydrogen-bond acceptors (Lipinski definition) is 14. The van der Waals surface area contributed by atoms with E-state index in [2.05, 4.69) is 44.8 Å². The Bertz CT molecular complexity index is 3800. The summed E-state index contributed by atoms with van der Waals surface area (Å²) in [6, 6.07) is 38.9. The molecule has 2 atom stereocenters. The highest BCUT2D eigenvalue weighted by Crippen LogP contribution is 2.39. The van der Waals surface area contributed by atoms with Gasteiger partial charge in [0.25, 0.3) is 20.1 Å². The van der Waals surface area contributed by atoms with E-state index in [9.17, 15) is 18.0 Å². The smallest absolute Gasteiger partial charge is 0.356 e. The van der Waals surface area contributed by atoms with Crippen LogP contribution in [0.25, 0.3) is 44.8 Å². The zero-order valence-electron chi connectivity index (χ0n) is 51.0. The molecule has 12 rings (SSSR count). The van der Waals surface area contributed by atoms with E-state index < -0.39 is 32.7 Å². The topological polar surface area (TPSA) is 211 Å². The van der Waals surface area contributed by atoms with Crippen LogP contribution >= 0.6 is 0 Å².